The van der Waals surface area contributed by atoms with Gasteiger partial charge in [-0.25, -0.2) is 4.79 Å². The van der Waals surface area contributed by atoms with E-state index >= 15 is 0 Å². The fourth-order valence-corrected chi connectivity index (χ4v) is 0.930. The van der Waals surface area contributed by atoms with Gasteiger partial charge in [-0.05, 0) is 6.42 Å². The van der Waals surface area contributed by atoms with Crippen molar-refractivity contribution in [2.45, 2.75) is 32.1 Å². The van der Waals surface area contributed by atoms with E-state index < -0.39 is 5.97 Å². The van der Waals surface area contributed by atoms with Crippen molar-refractivity contribution in [3.8, 4) is 0 Å². The van der Waals surface area contributed by atoms with E-state index in [0.717, 1.165) is 32.1 Å². The van der Waals surface area contributed by atoms with Gasteiger partial charge in [0.1, 0.15) is 5.03 Å². The second kappa shape index (κ2) is 8.11. The smallest absolute Gasteiger partial charge is 0.349 e. The molecule has 0 heterocycles. The Bertz CT molecular complexity index is 166. The Hall–Kier alpha value is -0.500. The number of unbranched alkanes of at least 4 members (excludes halogenated alkanes) is 4. The van der Waals surface area contributed by atoms with Gasteiger partial charge in [0.25, 0.3) is 0 Å². The Kier molecular flexibility index (Phi) is 7.80. The van der Waals surface area contributed by atoms with Gasteiger partial charge >= 0.3 is 5.97 Å². The summed E-state index contributed by atoms with van der Waals surface area (Å²) < 4.78 is 4.80. The van der Waals surface area contributed by atoms with Gasteiger partial charge in [-0.3, -0.25) is 0 Å². The second-order valence-corrected chi connectivity index (χ2v) is 3.26. The Morgan fingerprint density at radius 2 is 1.85 bits per heavy atom. The van der Waals surface area contributed by atoms with Crippen LogP contribution in [-0.2, 0) is 9.53 Å². The lowest BCUT2D eigenvalue weighted by Gasteiger charge is -2.02. The highest BCUT2D eigenvalue weighted by molar-refractivity contribution is 6.40. The van der Waals surface area contributed by atoms with Gasteiger partial charge in [0.05, 0.1) is 6.61 Å². The zero-order chi connectivity index (χ0) is 10.1. The molecule has 3 heteroatoms. The van der Waals surface area contributed by atoms with Gasteiger partial charge in [-0.2, -0.15) is 0 Å². The molecule has 0 fully saturated rings. The highest BCUT2D eigenvalue weighted by Gasteiger charge is 2.03. The molecule has 75 valence electrons. The monoisotopic (exact) mass is 203 g/mol. The van der Waals surface area contributed by atoms with Crippen molar-refractivity contribution in [1.29, 1.82) is 0 Å². The molecule has 0 saturated heterocycles. The normalized spacial score (nSPS) is 9.69. The average Bonchev–Trinajstić information content (AvgIpc) is 2.10. The molecule has 0 bridgehead atoms. The summed E-state index contributed by atoms with van der Waals surface area (Å²) in [5.41, 5.74) is 0. The number of hydrogen-bond acceptors (Lipinski definition) is 2. The van der Waals surface area contributed by atoms with Crippen molar-refractivity contribution in [1.82, 2.24) is 0 Å². The van der Waals surface area contributed by atoms with E-state index in [0.29, 0.717) is 6.61 Å². The van der Waals surface area contributed by atoms with E-state index in [2.05, 4.69) is 13.5 Å². The van der Waals surface area contributed by atoms with Gasteiger partial charge in [-0.1, -0.05) is 50.8 Å². The summed E-state index contributed by atoms with van der Waals surface area (Å²) in [7, 11) is 0. The lowest BCUT2D eigenvalue weighted by Crippen LogP contribution is -2.04. The molecule has 13 heavy (non-hydrogen) atoms. The predicted octanol–water partition coefficient (Wildman–Crippen LogP) is 3.07. The molecule has 0 amide bonds. The van der Waals surface area contributed by atoms with Crippen molar-refractivity contribution < 1.29 is 9.53 Å². The maximum absolute atomic E-state index is 10.8. The Balaban J connectivity index is 3.16. The third-order valence-electron chi connectivity index (χ3n) is 1.60. The zero-order valence-electron chi connectivity index (χ0n) is 7.85. The van der Waals surface area contributed by atoms with Crippen molar-refractivity contribution in [2.24, 2.45) is 0 Å². The molecule has 0 aliphatic rings. The Morgan fingerprint density at radius 1 is 1.23 bits per heavy atom. The lowest BCUT2D eigenvalue weighted by molar-refractivity contribution is -0.138. The maximum atomic E-state index is 10.8. The minimum absolute atomic E-state index is 0.0576. The quantitative estimate of drug-likeness (QED) is 0.361. The molecule has 2 nitrogen and oxygen atoms in total. The molecule has 0 spiro atoms. The lowest BCUT2D eigenvalue weighted by atomic mass is 10.2. The standard InChI is InChI=1S/C10H16ClO2/c1-3-4-5-6-7-8-13-10(12)9(2)11/h1-8H2. The number of rotatable bonds is 7. The summed E-state index contributed by atoms with van der Waals surface area (Å²) in [6.07, 6.45) is 5.20. The third kappa shape index (κ3) is 7.85. The second-order valence-electron chi connectivity index (χ2n) is 2.81. The fourth-order valence-electron chi connectivity index (χ4n) is 0.876. The van der Waals surface area contributed by atoms with Crippen LogP contribution in [0.1, 0.15) is 32.1 Å². The Labute approximate surface area is 84.9 Å². The van der Waals surface area contributed by atoms with E-state index in [9.17, 15) is 4.79 Å². The Morgan fingerprint density at radius 3 is 2.38 bits per heavy atom. The molecular weight excluding hydrogens is 188 g/mol. The van der Waals surface area contributed by atoms with E-state index in [1.54, 1.807) is 0 Å². The number of carbonyl (C=O) groups excluding carboxylic acids is 1. The van der Waals surface area contributed by atoms with Crippen LogP contribution in [0.2, 0.25) is 0 Å². The molecule has 0 aromatic rings. The minimum Gasteiger partial charge on any atom is -0.461 e. The van der Waals surface area contributed by atoms with Gasteiger partial charge in [0.15, 0.2) is 0 Å². The van der Waals surface area contributed by atoms with Crippen LogP contribution in [0, 0.1) is 6.92 Å². The number of carbonyl (C=O) groups is 1. The average molecular weight is 204 g/mol. The molecule has 1 radical (unpaired) electrons. The van der Waals surface area contributed by atoms with Crippen molar-refractivity contribution >= 4 is 17.6 Å². The molecule has 0 atom stereocenters. The van der Waals surface area contributed by atoms with Crippen molar-refractivity contribution in [2.75, 3.05) is 6.61 Å². The predicted molar refractivity (Wildman–Crippen MR) is 54.4 cm³/mol. The topological polar surface area (TPSA) is 26.3 Å². The first-order valence-electron chi connectivity index (χ1n) is 4.49. The zero-order valence-corrected chi connectivity index (χ0v) is 8.61. The van der Waals surface area contributed by atoms with E-state index in [-0.39, 0.29) is 5.03 Å². The van der Waals surface area contributed by atoms with Crippen LogP contribution < -0.4 is 0 Å². The summed E-state index contributed by atoms with van der Waals surface area (Å²) in [6, 6.07) is 0. The molecule has 0 aliphatic carbocycles. The first-order chi connectivity index (χ1) is 6.18. The summed E-state index contributed by atoms with van der Waals surface area (Å²) in [4.78, 5) is 10.8. The molecular formula is C10H16ClO2. The molecule has 0 N–H and O–H groups in total. The number of hydrogen-bond donors (Lipinski definition) is 0. The fraction of sp³-hybridized carbons (Fsp3) is 0.600. The molecule has 0 rings (SSSR count). The molecule has 0 aromatic carbocycles. The van der Waals surface area contributed by atoms with Crippen LogP contribution in [0.15, 0.2) is 11.6 Å². The van der Waals surface area contributed by atoms with Crippen LogP contribution in [0.4, 0.5) is 0 Å². The molecule has 0 aliphatic heterocycles. The highest BCUT2D eigenvalue weighted by atomic mass is 35.5. The highest BCUT2D eigenvalue weighted by Crippen LogP contribution is 2.04. The summed E-state index contributed by atoms with van der Waals surface area (Å²) in [6.45, 7) is 7.44. The third-order valence-corrected chi connectivity index (χ3v) is 1.75. The van der Waals surface area contributed by atoms with Crippen LogP contribution in [-0.4, -0.2) is 12.6 Å². The largest absolute Gasteiger partial charge is 0.461 e. The number of esters is 1. The van der Waals surface area contributed by atoms with Gasteiger partial charge < -0.3 is 4.74 Å². The number of ether oxygens (including phenoxy) is 1. The van der Waals surface area contributed by atoms with Gasteiger partial charge in [0.2, 0.25) is 0 Å². The first kappa shape index (κ1) is 12.5. The summed E-state index contributed by atoms with van der Waals surface area (Å²) in [5, 5.41) is -0.0576. The van der Waals surface area contributed by atoms with Crippen molar-refractivity contribution in [3.05, 3.63) is 18.5 Å². The maximum Gasteiger partial charge on any atom is 0.349 e. The van der Waals surface area contributed by atoms with E-state index in [1.165, 1.54) is 0 Å². The van der Waals surface area contributed by atoms with Crippen LogP contribution in [0.3, 0.4) is 0 Å². The van der Waals surface area contributed by atoms with Gasteiger partial charge in [-0.15, -0.1) is 0 Å². The summed E-state index contributed by atoms with van der Waals surface area (Å²) in [5.74, 6) is -0.515. The number of halogens is 1. The van der Waals surface area contributed by atoms with Gasteiger partial charge in [0, 0.05) is 0 Å². The first-order valence-corrected chi connectivity index (χ1v) is 4.87. The van der Waals surface area contributed by atoms with E-state index in [1.807, 2.05) is 0 Å². The van der Waals surface area contributed by atoms with E-state index in [4.69, 9.17) is 16.3 Å². The summed E-state index contributed by atoms with van der Waals surface area (Å²) >= 11 is 5.31. The molecule has 0 aromatic heterocycles. The van der Waals surface area contributed by atoms with Crippen LogP contribution in [0.25, 0.3) is 0 Å². The SMILES string of the molecule is [CH2]CCCCCCOC(=O)C(=C)Cl. The molecule has 0 saturated carbocycles. The molecule has 0 unspecified atom stereocenters. The van der Waals surface area contributed by atoms with Crippen LogP contribution in [0.5, 0.6) is 0 Å². The minimum atomic E-state index is -0.515. The van der Waals surface area contributed by atoms with Crippen LogP contribution >= 0.6 is 11.6 Å². The van der Waals surface area contributed by atoms with Crippen molar-refractivity contribution in [3.63, 3.8) is 0 Å².